The lowest BCUT2D eigenvalue weighted by Gasteiger charge is -2.26. The molecule has 0 bridgehead atoms. The Morgan fingerprint density at radius 2 is 1.76 bits per heavy atom. The third kappa shape index (κ3) is 3.61. The van der Waals surface area contributed by atoms with Gasteiger partial charge in [0, 0.05) is 18.9 Å². The SMILES string of the molecule is Cc1ccc(C(=O)C2C(=O)C(=O)N(CCc3ccccc3)C2c2ccncc2)o1. The van der Waals surface area contributed by atoms with E-state index in [0.29, 0.717) is 24.3 Å². The fourth-order valence-corrected chi connectivity index (χ4v) is 3.77. The van der Waals surface area contributed by atoms with Crippen LogP contribution in [0.5, 0.6) is 0 Å². The zero-order chi connectivity index (χ0) is 20.4. The molecule has 146 valence electrons. The molecule has 1 aliphatic heterocycles. The third-order valence-electron chi connectivity index (χ3n) is 5.20. The maximum atomic E-state index is 13.1. The number of carbonyl (C=O) groups is 3. The Labute approximate surface area is 168 Å². The molecule has 1 saturated heterocycles. The second kappa shape index (κ2) is 7.83. The molecule has 0 radical (unpaired) electrons. The summed E-state index contributed by atoms with van der Waals surface area (Å²) in [6, 6.07) is 15.7. The Balaban J connectivity index is 1.69. The standard InChI is InChI=1S/C23H20N2O4/c1-15-7-8-18(29-15)21(26)19-20(17-9-12-24-13-10-17)25(23(28)22(19)27)14-11-16-5-3-2-4-6-16/h2-10,12-13,19-20H,11,14H2,1H3. The Morgan fingerprint density at radius 3 is 2.41 bits per heavy atom. The van der Waals surface area contributed by atoms with Gasteiger partial charge in [-0.2, -0.15) is 0 Å². The monoisotopic (exact) mass is 388 g/mol. The number of carbonyl (C=O) groups excluding carboxylic acids is 3. The smallest absolute Gasteiger partial charge is 0.291 e. The number of hydrogen-bond acceptors (Lipinski definition) is 5. The minimum Gasteiger partial charge on any atom is -0.458 e. The molecule has 29 heavy (non-hydrogen) atoms. The summed E-state index contributed by atoms with van der Waals surface area (Å²) in [6.07, 6.45) is 3.77. The number of pyridine rings is 1. The molecule has 0 spiro atoms. The first-order valence-electron chi connectivity index (χ1n) is 9.45. The first kappa shape index (κ1) is 18.8. The molecule has 3 aromatic rings. The Kier molecular flexibility index (Phi) is 5.08. The van der Waals surface area contributed by atoms with Crippen molar-refractivity contribution in [3.8, 4) is 0 Å². The highest BCUT2D eigenvalue weighted by atomic mass is 16.3. The van der Waals surface area contributed by atoms with Crippen molar-refractivity contribution in [1.29, 1.82) is 0 Å². The van der Waals surface area contributed by atoms with Crippen LogP contribution in [0, 0.1) is 12.8 Å². The van der Waals surface area contributed by atoms with E-state index in [9.17, 15) is 14.4 Å². The van der Waals surface area contributed by atoms with Crippen LogP contribution < -0.4 is 0 Å². The van der Waals surface area contributed by atoms with Gasteiger partial charge in [-0.3, -0.25) is 19.4 Å². The van der Waals surface area contributed by atoms with Crippen molar-refractivity contribution in [2.24, 2.45) is 5.92 Å². The number of hydrogen-bond donors (Lipinski definition) is 0. The molecule has 2 unspecified atom stereocenters. The molecule has 6 nitrogen and oxygen atoms in total. The molecule has 0 saturated carbocycles. The molecular weight excluding hydrogens is 368 g/mol. The normalized spacial score (nSPS) is 19.0. The summed E-state index contributed by atoms with van der Waals surface area (Å²) >= 11 is 0. The summed E-state index contributed by atoms with van der Waals surface area (Å²) in [7, 11) is 0. The number of aromatic nitrogens is 1. The fraction of sp³-hybridized carbons (Fsp3) is 0.217. The summed E-state index contributed by atoms with van der Waals surface area (Å²) in [4.78, 5) is 44.3. The molecule has 1 amide bonds. The van der Waals surface area contributed by atoms with Crippen LogP contribution in [-0.4, -0.2) is 33.9 Å². The fourth-order valence-electron chi connectivity index (χ4n) is 3.77. The number of Topliss-reactive ketones (excluding diaryl/α,β-unsaturated/α-hetero) is 2. The van der Waals surface area contributed by atoms with Gasteiger partial charge >= 0.3 is 0 Å². The summed E-state index contributed by atoms with van der Waals surface area (Å²) < 4.78 is 5.45. The Bertz CT molecular complexity index is 1040. The van der Waals surface area contributed by atoms with Gasteiger partial charge in [-0.1, -0.05) is 30.3 Å². The van der Waals surface area contributed by atoms with Crippen LogP contribution in [0.15, 0.2) is 71.4 Å². The maximum Gasteiger partial charge on any atom is 0.291 e. The van der Waals surface area contributed by atoms with Gasteiger partial charge in [-0.15, -0.1) is 0 Å². The molecule has 3 heterocycles. The zero-order valence-corrected chi connectivity index (χ0v) is 15.9. The highest BCUT2D eigenvalue weighted by Gasteiger charge is 2.52. The van der Waals surface area contributed by atoms with Gasteiger partial charge in [-0.25, -0.2) is 0 Å². The molecule has 2 aromatic heterocycles. The van der Waals surface area contributed by atoms with Crippen LogP contribution in [0.4, 0.5) is 0 Å². The topological polar surface area (TPSA) is 80.5 Å². The van der Waals surface area contributed by atoms with E-state index in [1.54, 1.807) is 43.6 Å². The number of rotatable bonds is 6. The van der Waals surface area contributed by atoms with Crippen molar-refractivity contribution in [2.75, 3.05) is 6.54 Å². The number of ketones is 2. The van der Waals surface area contributed by atoms with E-state index in [1.807, 2.05) is 30.3 Å². The molecule has 4 rings (SSSR count). The second-order valence-electron chi connectivity index (χ2n) is 7.08. The molecule has 1 aliphatic rings. The van der Waals surface area contributed by atoms with E-state index in [1.165, 1.54) is 4.90 Å². The zero-order valence-electron chi connectivity index (χ0n) is 15.9. The van der Waals surface area contributed by atoms with Gasteiger partial charge < -0.3 is 9.32 Å². The Morgan fingerprint density at radius 1 is 1.03 bits per heavy atom. The predicted molar refractivity (Wildman–Crippen MR) is 105 cm³/mol. The molecule has 0 aliphatic carbocycles. The van der Waals surface area contributed by atoms with Crippen molar-refractivity contribution in [3.05, 3.63) is 89.6 Å². The molecule has 2 atom stereocenters. The number of likely N-dealkylation sites (tertiary alicyclic amines) is 1. The number of aryl methyl sites for hydroxylation is 1. The van der Waals surface area contributed by atoms with Gasteiger partial charge in [0.25, 0.3) is 5.91 Å². The van der Waals surface area contributed by atoms with Gasteiger partial charge in [0.1, 0.15) is 11.7 Å². The maximum absolute atomic E-state index is 13.1. The third-order valence-corrected chi connectivity index (χ3v) is 5.20. The van der Waals surface area contributed by atoms with Gasteiger partial charge in [0.2, 0.25) is 11.6 Å². The number of benzene rings is 1. The summed E-state index contributed by atoms with van der Waals surface area (Å²) in [5, 5.41) is 0. The predicted octanol–water partition coefficient (Wildman–Crippen LogP) is 3.18. The van der Waals surface area contributed by atoms with Crippen LogP contribution in [0.2, 0.25) is 0 Å². The summed E-state index contributed by atoms with van der Waals surface area (Å²) in [5.74, 6) is -2.26. The highest BCUT2D eigenvalue weighted by Crippen LogP contribution is 2.38. The first-order chi connectivity index (χ1) is 14.1. The average Bonchev–Trinajstić information content (AvgIpc) is 3.29. The van der Waals surface area contributed by atoms with Crippen LogP contribution in [0.1, 0.15) is 33.5 Å². The van der Waals surface area contributed by atoms with Crippen LogP contribution in [0.25, 0.3) is 0 Å². The lowest BCUT2D eigenvalue weighted by atomic mass is 9.88. The highest BCUT2D eigenvalue weighted by molar-refractivity contribution is 6.43. The minimum atomic E-state index is -1.13. The average molecular weight is 388 g/mol. The number of amides is 1. The van der Waals surface area contributed by atoms with Gasteiger partial charge in [-0.05, 0) is 48.7 Å². The largest absolute Gasteiger partial charge is 0.458 e. The number of nitrogens with zero attached hydrogens (tertiary/aromatic N) is 2. The molecule has 0 N–H and O–H groups in total. The quantitative estimate of drug-likeness (QED) is 0.368. The second-order valence-corrected chi connectivity index (χ2v) is 7.08. The van der Waals surface area contributed by atoms with Crippen LogP contribution >= 0.6 is 0 Å². The number of furan rings is 1. The van der Waals surface area contributed by atoms with Crippen molar-refractivity contribution in [3.63, 3.8) is 0 Å². The van der Waals surface area contributed by atoms with Gasteiger partial charge in [0.15, 0.2) is 5.76 Å². The van der Waals surface area contributed by atoms with Crippen molar-refractivity contribution >= 4 is 17.5 Å². The van der Waals surface area contributed by atoms with E-state index < -0.39 is 29.4 Å². The molecular formula is C23H20N2O4. The van der Waals surface area contributed by atoms with E-state index in [0.717, 1.165) is 5.56 Å². The van der Waals surface area contributed by atoms with Crippen molar-refractivity contribution in [2.45, 2.75) is 19.4 Å². The lowest BCUT2D eigenvalue weighted by Crippen LogP contribution is -2.32. The van der Waals surface area contributed by atoms with E-state index >= 15 is 0 Å². The van der Waals surface area contributed by atoms with Crippen molar-refractivity contribution < 1.29 is 18.8 Å². The summed E-state index contributed by atoms with van der Waals surface area (Å²) in [6.45, 7) is 2.06. The Hall–Kier alpha value is -3.54. The van der Waals surface area contributed by atoms with Crippen LogP contribution in [0.3, 0.4) is 0 Å². The molecule has 1 aromatic carbocycles. The van der Waals surface area contributed by atoms with Crippen LogP contribution in [-0.2, 0) is 16.0 Å². The van der Waals surface area contributed by atoms with Crippen molar-refractivity contribution in [1.82, 2.24) is 9.88 Å². The van der Waals surface area contributed by atoms with E-state index in [-0.39, 0.29) is 5.76 Å². The first-order valence-corrected chi connectivity index (χ1v) is 9.45. The summed E-state index contributed by atoms with van der Waals surface area (Å²) in [5.41, 5.74) is 1.76. The van der Waals surface area contributed by atoms with E-state index in [4.69, 9.17) is 4.42 Å². The van der Waals surface area contributed by atoms with Gasteiger partial charge in [0.05, 0.1) is 6.04 Å². The lowest BCUT2D eigenvalue weighted by molar-refractivity contribution is -0.140. The minimum absolute atomic E-state index is 0.0950. The van der Waals surface area contributed by atoms with E-state index in [2.05, 4.69) is 4.98 Å². The molecule has 1 fully saturated rings. The molecule has 6 heteroatoms.